The molecule has 1 N–H and O–H groups in total. The molecule has 0 radical (unpaired) electrons. The van der Waals surface area contributed by atoms with Crippen molar-refractivity contribution >= 4 is 29.0 Å². The molecule has 0 aliphatic carbocycles. The highest BCUT2D eigenvalue weighted by atomic mass is 32.2. The van der Waals surface area contributed by atoms with Crippen molar-refractivity contribution in [2.24, 2.45) is 0 Å². The van der Waals surface area contributed by atoms with Gasteiger partial charge >= 0.3 is 0 Å². The number of thiophene rings is 1. The van der Waals surface area contributed by atoms with Crippen molar-refractivity contribution in [3.05, 3.63) is 87.9 Å². The average Bonchev–Trinajstić information content (AvgIpc) is 3.16. The Hall–Kier alpha value is -2.25. The fourth-order valence-electron chi connectivity index (χ4n) is 2.36. The maximum absolute atomic E-state index is 13.7. The van der Waals surface area contributed by atoms with Crippen LogP contribution in [-0.4, -0.2) is 11.7 Å². The summed E-state index contributed by atoms with van der Waals surface area (Å²) in [6.45, 7) is 0. The van der Waals surface area contributed by atoms with E-state index >= 15 is 0 Å². The molecule has 2 aromatic carbocycles. The molecular formula is C19H14F3NOS2. The second kappa shape index (κ2) is 8.42. The second-order valence-electron chi connectivity index (χ2n) is 5.43. The summed E-state index contributed by atoms with van der Waals surface area (Å²) in [7, 11) is 0. The Kier molecular flexibility index (Phi) is 6.00. The Morgan fingerprint density at radius 3 is 2.46 bits per heavy atom. The first kappa shape index (κ1) is 18.5. The van der Waals surface area contributed by atoms with Gasteiger partial charge in [0.2, 0.25) is 5.91 Å². The summed E-state index contributed by atoms with van der Waals surface area (Å²) in [4.78, 5) is 13.3. The number of rotatable bonds is 6. The summed E-state index contributed by atoms with van der Waals surface area (Å²) in [6.07, 6.45) is 0. The number of nitrogens with one attached hydrogen (secondary N) is 1. The Balaban J connectivity index is 1.71. The maximum atomic E-state index is 13.7. The van der Waals surface area contributed by atoms with E-state index in [2.05, 4.69) is 5.32 Å². The van der Waals surface area contributed by atoms with Gasteiger partial charge in [-0.15, -0.1) is 23.1 Å². The van der Waals surface area contributed by atoms with E-state index in [0.29, 0.717) is 0 Å². The first-order valence-electron chi connectivity index (χ1n) is 7.69. The van der Waals surface area contributed by atoms with Crippen LogP contribution in [-0.2, 0) is 4.79 Å². The molecule has 0 aliphatic heterocycles. The summed E-state index contributed by atoms with van der Waals surface area (Å²) in [5.41, 5.74) is 0.740. The molecule has 0 spiro atoms. The standard InChI is InChI=1S/C19H14F3NOS2/c20-13-5-3-12(4-6-13)19(16-2-1-9-25-16)23-18(24)11-26-17-10-14(21)7-8-15(17)22/h1-10,19H,11H2,(H,23,24)/t19-/m0/s1. The van der Waals surface area contributed by atoms with Crippen molar-refractivity contribution in [1.82, 2.24) is 5.32 Å². The van der Waals surface area contributed by atoms with Crippen molar-refractivity contribution in [3.63, 3.8) is 0 Å². The highest BCUT2D eigenvalue weighted by molar-refractivity contribution is 8.00. The molecule has 3 rings (SSSR count). The average molecular weight is 393 g/mol. The highest BCUT2D eigenvalue weighted by Crippen LogP contribution is 2.27. The Morgan fingerprint density at radius 1 is 1.04 bits per heavy atom. The van der Waals surface area contributed by atoms with Crippen LogP contribution < -0.4 is 5.32 Å². The van der Waals surface area contributed by atoms with Crippen LogP contribution in [0.2, 0.25) is 0 Å². The van der Waals surface area contributed by atoms with Crippen LogP contribution in [0.5, 0.6) is 0 Å². The quantitative estimate of drug-likeness (QED) is 0.586. The zero-order valence-electron chi connectivity index (χ0n) is 13.4. The first-order valence-corrected chi connectivity index (χ1v) is 9.55. The van der Waals surface area contributed by atoms with Crippen LogP contribution >= 0.6 is 23.1 Å². The summed E-state index contributed by atoms with van der Waals surface area (Å²) in [5.74, 6) is -1.89. The minimum atomic E-state index is -0.572. The van der Waals surface area contributed by atoms with E-state index in [1.165, 1.54) is 23.5 Å². The van der Waals surface area contributed by atoms with Crippen LogP contribution in [0, 0.1) is 17.5 Å². The van der Waals surface area contributed by atoms with Gasteiger partial charge in [0, 0.05) is 9.77 Å². The molecule has 0 saturated heterocycles. The fourth-order valence-corrected chi connectivity index (χ4v) is 3.94. The van der Waals surface area contributed by atoms with Crippen molar-refractivity contribution in [3.8, 4) is 0 Å². The molecule has 0 saturated carbocycles. The Morgan fingerprint density at radius 2 is 1.77 bits per heavy atom. The zero-order valence-corrected chi connectivity index (χ0v) is 15.0. The van der Waals surface area contributed by atoms with E-state index in [4.69, 9.17) is 0 Å². The van der Waals surface area contributed by atoms with Crippen LogP contribution in [0.25, 0.3) is 0 Å². The van der Waals surface area contributed by atoms with Crippen LogP contribution in [0.3, 0.4) is 0 Å². The van der Waals surface area contributed by atoms with Gasteiger partial charge in [-0.1, -0.05) is 18.2 Å². The summed E-state index contributed by atoms with van der Waals surface area (Å²) >= 11 is 2.39. The summed E-state index contributed by atoms with van der Waals surface area (Å²) in [5, 5.41) is 4.76. The molecule has 0 aliphatic rings. The summed E-state index contributed by atoms with van der Waals surface area (Å²) < 4.78 is 40.0. The van der Waals surface area contributed by atoms with Crippen molar-refractivity contribution < 1.29 is 18.0 Å². The molecule has 1 atom stereocenters. The third-order valence-electron chi connectivity index (χ3n) is 3.59. The largest absolute Gasteiger partial charge is 0.344 e. The van der Waals surface area contributed by atoms with Gasteiger partial charge < -0.3 is 5.32 Å². The number of halogens is 3. The lowest BCUT2D eigenvalue weighted by molar-refractivity contribution is -0.119. The molecule has 1 heterocycles. The zero-order chi connectivity index (χ0) is 18.5. The number of amides is 1. The third kappa shape index (κ3) is 4.68. The SMILES string of the molecule is O=C(CSc1cc(F)ccc1F)N[C@@H](c1ccc(F)cc1)c1cccs1. The second-order valence-corrected chi connectivity index (χ2v) is 7.43. The van der Waals surface area contributed by atoms with E-state index in [9.17, 15) is 18.0 Å². The number of thioether (sulfide) groups is 1. The summed E-state index contributed by atoms with van der Waals surface area (Å²) in [6, 6.07) is 12.3. The van der Waals surface area contributed by atoms with Gasteiger partial charge in [0.05, 0.1) is 11.8 Å². The van der Waals surface area contributed by atoms with Gasteiger partial charge in [0.1, 0.15) is 17.5 Å². The first-order chi connectivity index (χ1) is 12.5. The van der Waals surface area contributed by atoms with Crippen molar-refractivity contribution in [1.29, 1.82) is 0 Å². The van der Waals surface area contributed by atoms with Gasteiger partial charge in [0.25, 0.3) is 0 Å². The number of hydrogen-bond donors (Lipinski definition) is 1. The molecule has 1 amide bonds. The minimum Gasteiger partial charge on any atom is -0.344 e. The van der Waals surface area contributed by atoms with E-state index in [0.717, 1.165) is 40.4 Å². The topological polar surface area (TPSA) is 29.1 Å². The number of carbonyl (C=O) groups is 1. The van der Waals surface area contributed by atoms with E-state index in [1.807, 2.05) is 17.5 Å². The number of carbonyl (C=O) groups excluding carboxylic acids is 1. The lowest BCUT2D eigenvalue weighted by Crippen LogP contribution is -2.30. The molecule has 134 valence electrons. The van der Waals surface area contributed by atoms with Gasteiger partial charge in [-0.3, -0.25) is 4.79 Å². The van der Waals surface area contributed by atoms with Crippen LogP contribution in [0.4, 0.5) is 13.2 Å². The van der Waals surface area contributed by atoms with E-state index in [-0.39, 0.29) is 22.4 Å². The molecule has 7 heteroatoms. The molecule has 0 unspecified atom stereocenters. The van der Waals surface area contributed by atoms with Crippen LogP contribution in [0.1, 0.15) is 16.5 Å². The lowest BCUT2D eigenvalue weighted by atomic mass is 10.1. The van der Waals surface area contributed by atoms with E-state index < -0.39 is 17.7 Å². The smallest absolute Gasteiger partial charge is 0.231 e. The predicted octanol–water partition coefficient (Wildman–Crippen LogP) is 5.16. The lowest BCUT2D eigenvalue weighted by Gasteiger charge is -2.18. The maximum Gasteiger partial charge on any atom is 0.231 e. The van der Waals surface area contributed by atoms with Gasteiger partial charge in [-0.05, 0) is 47.3 Å². The van der Waals surface area contributed by atoms with Gasteiger partial charge in [-0.25, -0.2) is 13.2 Å². The predicted molar refractivity (Wildman–Crippen MR) is 97.8 cm³/mol. The Labute approximate surface area is 157 Å². The molecule has 0 fully saturated rings. The molecular weight excluding hydrogens is 379 g/mol. The normalized spacial score (nSPS) is 12.0. The number of hydrogen-bond acceptors (Lipinski definition) is 3. The molecule has 1 aromatic heterocycles. The highest BCUT2D eigenvalue weighted by Gasteiger charge is 2.18. The number of benzene rings is 2. The molecule has 3 aromatic rings. The fraction of sp³-hybridized carbons (Fsp3) is 0.105. The minimum absolute atomic E-state index is 0.0660. The molecule has 2 nitrogen and oxygen atoms in total. The molecule has 0 bridgehead atoms. The van der Waals surface area contributed by atoms with Crippen LogP contribution in [0.15, 0.2) is 64.9 Å². The van der Waals surface area contributed by atoms with E-state index in [1.54, 1.807) is 12.1 Å². The third-order valence-corrected chi connectivity index (χ3v) is 5.56. The van der Waals surface area contributed by atoms with Crippen molar-refractivity contribution in [2.45, 2.75) is 10.9 Å². The van der Waals surface area contributed by atoms with Gasteiger partial charge in [0.15, 0.2) is 0 Å². The van der Waals surface area contributed by atoms with Gasteiger partial charge in [-0.2, -0.15) is 0 Å². The van der Waals surface area contributed by atoms with Crippen molar-refractivity contribution in [2.75, 3.05) is 5.75 Å². The Bertz CT molecular complexity index is 882. The molecule has 26 heavy (non-hydrogen) atoms. The monoisotopic (exact) mass is 393 g/mol.